The molecule has 1 heterocycles. The number of aliphatic hydroxyl groups is 1. The molecule has 0 aliphatic carbocycles. The number of rotatable bonds is 3. The number of anilines is 1. The summed E-state index contributed by atoms with van der Waals surface area (Å²) in [5.74, 6) is -0.579. The molecule has 7 nitrogen and oxygen atoms in total. The van der Waals surface area contributed by atoms with Crippen LogP contribution in [-0.2, 0) is 4.79 Å². The molecular formula is C13H15BrN2O5. The Kier molecular flexibility index (Phi) is 4.69. The first kappa shape index (κ1) is 15.6. The maximum Gasteiger partial charge on any atom is 0.326 e. The Bertz CT molecular complexity index is 565. The van der Waals surface area contributed by atoms with Crippen LogP contribution < -0.4 is 10.1 Å². The Labute approximate surface area is 129 Å². The van der Waals surface area contributed by atoms with E-state index in [1.807, 2.05) is 0 Å². The van der Waals surface area contributed by atoms with Gasteiger partial charge in [0.1, 0.15) is 11.8 Å². The lowest BCUT2D eigenvalue weighted by atomic mass is 10.2. The summed E-state index contributed by atoms with van der Waals surface area (Å²) in [7, 11) is 1.50. The molecule has 1 saturated heterocycles. The molecule has 21 heavy (non-hydrogen) atoms. The molecule has 0 bridgehead atoms. The summed E-state index contributed by atoms with van der Waals surface area (Å²) in [4.78, 5) is 24.4. The van der Waals surface area contributed by atoms with E-state index in [1.54, 1.807) is 18.2 Å². The average molecular weight is 359 g/mol. The number of β-amino-alcohol motifs (C(OH)–C–C–N with tert-alkyl or cyclic N) is 1. The van der Waals surface area contributed by atoms with Gasteiger partial charge in [-0.3, -0.25) is 0 Å². The van der Waals surface area contributed by atoms with Gasteiger partial charge in [0.25, 0.3) is 0 Å². The monoisotopic (exact) mass is 358 g/mol. The number of nitrogens with zero attached hydrogens (tertiary/aromatic N) is 1. The number of amides is 2. The lowest BCUT2D eigenvalue weighted by Crippen LogP contribution is -2.43. The van der Waals surface area contributed by atoms with Crippen LogP contribution in [0.25, 0.3) is 0 Å². The highest BCUT2D eigenvalue weighted by molar-refractivity contribution is 9.10. The predicted octanol–water partition coefficient (Wildman–Crippen LogP) is 1.51. The van der Waals surface area contributed by atoms with E-state index in [-0.39, 0.29) is 13.0 Å². The first-order valence-corrected chi connectivity index (χ1v) is 7.03. The van der Waals surface area contributed by atoms with Gasteiger partial charge >= 0.3 is 12.0 Å². The summed E-state index contributed by atoms with van der Waals surface area (Å²) in [6.45, 7) is -0.00601. The summed E-state index contributed by atoms with van der Waals surface area (Å²) < 4.78 is 5.81. The third kappa shape index (κ3) is 3.64. The molecule has 2 rings (SSSR count). The van der Waals surface area contributed by atoms with E-state index in [1.165, 1.54) is 7.11 Å². The molecule has 1 aromatic carbocycles. The highest BCUT2D eigenvalue weighted by Gasteiger charge is 2.39. The summed E-state index contributed by atoms with van der Waals surface area (Å²) in [6.07, 6.45) is -0.793. The van der Waals surface area contributed by atoms with Crippen molar-refractivity contribution in [2.45, 2.75) is 18.6 Å². The number of carboxylic acid groups (broad SMARTS) is 1. The highest BCUT2D eigenvalue weighted by atomic mass is 79.9. The molecule has 1 fully saturated rings. The standard InChI is InChI=1S/C13H15BrN2O5/c1-21-10-3-7(14)2-8(4-10)15-13(20)16-6-9(17)5-11(16)12(18)19/h2-4,9,11,17H,5-6H2,1H3,(H,15,20)(H,18,19). The van der Waals surface area contributed by atoms with Crippen molar-refractivity contribution in [3.63, 3.8) is 0 Å². The van der Waals surface area contributed by atoms with E-state index in [4.69, 9.17) is 9.84 Å². The van der Waals surface area contributed by atoms with Gasteiger partial charge in [0, 0.05) is 29.2 Å². The largest absolute Gasteiger partial charge is 0.497 e. The van der Waals surface area contributed by atoms with E-state index < -0.39 is 24.1 Å². The molecule has 1 aliphatic heterocycles. The van der Waals surface area contributed by atoms with Gasteiger partial charge in [-0.05, 0) is 12.1 Å². The summed E-state index contributed by atoms with van der Waals surface area (Å²) in [6, 6.07) is 3.43. The van der Waals surface area contributed by atoms with Gasteiger partial charge in [-0.25, -0.2) is 9.59 Å². The van der Waals surface area contributed by atoms with Gasteiger partial charge in [-0.15, -0.1) is 0 Å². The number of halogens is 1. The number of hydrogen-bond acceptors (Lipinski definition) is 4. The number of ether oxygens (including phenoxy) is 1. The first-order valence-electron chi connectivity index (χ1n) is 6.23. The van der Waals surface area contributed by atoms with Gasteiger partial charge in [0.05, 0.1) is 13.2 Å². The number of likely N-dealkylation sites (tertiary alicyclic amines) is 1. The molecule has 1 aromatic rings. The Hall–Kier alpha value is -1.80. The van der Waals surface area contributed by atoms with E-state index in [2.05, 4.69) is 21.2 Å². The van der Waals surface area contributed by atoms with Crippen LogP contribution in [0.15, 0.2) is 22.7 Å². The molecule has 0 spiro atoms. The van der Waals surface area contributed by atoms with Crippen LogP contribution >= 0.6 is 15.9 Å². The molecule has 0 aromatic heterocycles. The second-order valence-electron chi connectivity index (χ2n) is 4.71. The third-order valence-electron chi connectivity index (χ3n) is 3.18. The van der Waals surface area contributed by atoms with Crippen LogP contribution in [0, 0.1) is 0 Å². The SMILES string of the molecule is COc1cc(Br)cc(NC(=O)N2CC(O)CC2C(=O)O)c1. The van der Waals surface area contributed by atoms with Crippen molar-refractivity contribution in [1.82, 2.24) is 4.90 Å². The summed E-state index contributed by atoms with van der Waals surface area (Å²) in [5, 5.41) is 21.2. The van der Waals surface area contributed by atoms with Crippen LogP contribution in [0.2, 0.25) is 0 Å². The van der Waals surface area contributed by atoms with Gasteiger partial charge in [-0.1, -0.05) is 15.9 Å². The second kappa shape index (κ2) is 6.31. The van der Waals surface area contributed by atoms with Crippen molar-refractivity contribution in [1.29, 1.82) is 0 Å². The minimum absolute atomic E-state index is 0.00601. The van der Waals surface area contributed by atoms with E-state index >= 15 is 0 Å². The molecule has 114 valence electrons. The second-order valence-corrected chi connectivity index (χ2v) is 5.62. The van der Waals surface area contributed by atoms with Crippen LogP contribution in [0.1, 0.15) is 6.42 Å². The lowest BCUT2D eigenvalue weighted by molar-refractivity contribution is -0.141. The quantitative estimate of drug-likeness (QED) is 0.760. The van der Waals surface area contributed by atoms with Gasteiger partial charge < -0.3 is 25.2 Å². The fourth-order valence-corrected chi connectivity index (χ4v) is 2.69. The fourth-order valence-electron chi connectivity index (χ4n) is 2.22. The molecule has 1 aliphatic rings. The number of hydrogen-bond donors (Lipinski definition) is 3. The van der Waals surface area contributed by atoms with E-state index in [0.717, 1.165) is 4.90 Å². The number of carbonyl (C=O) groups excluding carboxylic acids is 1. The Morgan fingerprint density at radius 1 is 1.43 bits per heavy atom. The summed E-state index contributed by atoms with van der Waals surface area (Å²) >= 11 is 3.29. The molecule has 8 heteroatoms. The number of carbonyl (C=O) groups is 2. The van der Waals surface area contributed by atoms with Crippen molar-refractivity contribution in [2.24, 2.45) is 0 Å². The lowest BCUT2D eigenvalue weighted by Gasteiger charge is -2.21. The molecule has 0 saturated carbocycles. The van der Waals surface area contributed by atoms with Crippen LogP contribution in [0.5, 0.6) is 5.75 Å². The third-order valence-corrected chi connectivity index (χ3v) is 3.64. The van der Waals surface area contributed by atoms with Gasteiger partial charge in [0.2, 0.25) is 0 Å². The minimum Gasteiger partial charge on any atom is -0.497 e. The maximum absolute atomic E-state index is 12.2. The van der Waals surface area contributed by atoms with Crippen molar-refractivity contribution < 1.29 is 24.5 Å². The van der Waals surface area contributed by atoms with Gasteiger partial charge in [0.15, 0.2) is 0 Å². The van der Waals surface area contributed by atoms with E-state index in [9.17, 15) is 14.7 Å². The molecule has 0 radical (unpaired) electrons. The zero-order chi connectivity index (χ0) is 15.6. The number of aliphatic hydroxyl groups excluding tert-OH is 1. The van der Waals surface area contributed by atoms with Crippen LogP contribution in [0.4, 0.5) is 10.5 Å². The highest BCUT2D eigenvalue weighted by Crippen LogP contribution is 2.26. The van der Waals surface area contributed by atoms with Crippen LogP contribution in [0.3, 0.4) is 0 Å². The Morgan fingerprint density at radius 2 is 2.14 bits per heavy atom. The van der Waals surface area contributed by atoms with Crippen molar-refractivity contribution in [3.8, 4) is 5.75 Å². The van der Waals surface area contributed by atoms with Crippen LogP contribution in [-0.4, -0.2) is 52.9 Å². The van der Waals surface area contributed by atoms with E-state index in [0.29, 0.717) is 15.9 Å². The van der Waals surface area contributed by atoms with Crippen molar-refractivity contribution in [2.75, 3.05) is 19.0 Å². The summed E-state index contributed by atoms with van der Waals surface area (Å²) in [5.41, 5.74) is 0.469. The molecule has 2 amide bonds. The van der Waals surface area contributed by atoms with Crippen molar-refractivity contribution in [3.05, 3.63) is 22.7 Å². The number of benzene rings is 1. The molecular weight excluding hydrogens is 344 g/mol. The maximum atomic E-state index is 12.2. The van der Waals surface area contributed by atoms with Crippen molar-refractivity contribution >= 4 is 33.6 Å². The number of carboxylic acids is 1. The molecule has 2 unspecified atom stereocenters. The fraction of sp³-hybridized carbons (Fsp3) is 0.385. The predicted molar refractivity (Wildman–Crippen MR) is 78.5 cm³/mol. The Balaban J connectivity index is 2.14. The smallest absolute Gasteiger partial charge is 0.326 e. The number of methoxy groups -OCH3 is 1. The number of nitrogens with one attached hydrogen (secondary N) is 1. The number of aliphatic carboxylic acids is 1. The Morgan fingerprint density at radius 3 is 2.76 bits per heavy atom. The zero-order valence-corrected chi connectivity index (χ0v) is 12.8. The first-order chi connectivity index (χ1) is 9.90. The minimum atomic E-state index is -1.13. The number of urea groups is 1. The zero-order valence-electron chi connectivity index (χ0n) is 11.2. The molecule has 2 atom stereocenters. The molecule has 3 N–H and O–H groups in total. The normalized spacial score (nSPS) is 21.2. The topological polar surface area (TPSA) is 99.1 Å². The van der Waals surface area contributed by atoms with Gasteiger partial charge in [-0.2, -0.15) is 0 Å². The average Bonchev–Trinajstić information content (AvgIpc) is 2.80.